The van der Waals surface area contributed by atoms with Crippen LogP contribution in [0.15, 0.2) is 18.2 Å². The number of hydrogen-bond acceptors (Lipinski definition) is 3. The molecule has 106 valence electrons. The van der Waals surface area contributed by atoms with Crippen molar-refractivity contribution in [2.75, 3.05) is 27.2 Å². The first kappa shape index (κ1) is 16.2. The molecule has 1 aromatic carbocycles. The highest BCUT2D eigenvalue weighted by Gasteiger charge is 2.23. The zero-order valence-corrected chi connectivity index (χ0v) is 12.7. The second kappa shape index (κ2) is 6.57. The second-order valence-corrected chi connectivity index (χ2v) is 5.80. The molecule has 0 saturated heterocycles. The molecule has 19 heavy (non-hydrogen) atoms. The van der Waals surface area contributed by atoms with Crippen molar-refractivity contribution < 1.29 is 9.90 Å². The highest BCUT2D eigenvalue weighted by molar-refractivity contribution is 6.43. The van der Waals surface area contributed by atoms with Crippen LogP contribution in [0.25, 0.3) is 0 Å². The van der Waals surface area contributed by atoms with Gasteiger partial charge in [0.15, 0.2) is 0 Å². The number of aliphatic hydroxyl groups is 1. The van der Waals surface area contributed by atoms with E-state index in [1.165, 1.54) is 0 Å². The number of nitrogens with one attached hydrogen (secondary N) is 1. The molecule has 0 saturated carbocycles. The number of amides is 1. The van der Waals surface area contributed by atoms with Crippen LogP contribution in [-0.2, 0) is 0 Å². The molecule has 0 radical (unpaired) electrons. The van der Waals surface area contributed by atoms with Crippen molar-refractivity contribution in [2.24, 2.45) is 0 Å². The molecule has 0 aromatic heterocycles. The van der Waals surface area contributed by atoms with E-state index in [1.807, 2.05) is 19.0 Å². The fraction of sp³-hybridized carbons (Fsp3) is 0.462. The van der Waals surface area contributed by atoms with Gasteiger partial charge in [-0.3, -0.25) is 4.79 Å². The van der Waals surface area contributed by atoms with Crippen molar-refractivity contribution in [2.45, 2.75) is 12.5 Å². The number of rotatable bonds is 5. The maximum atomic E-state index is 12.0. The van der Waals surface area contributed by atoms with Crippen molar-refractivity contribution in [1.29, 1.82) is 0 Å². The Kier molecular flexibility index (Phi) is 5.62. The Morgan fingerprint density at radius 3 is 2.63 bits per heavy atom. The van der Waals surface area contributed by atoms with E-state index < -0.39 is 5.60 Å². The first-order valence-corrected chi connectivity index (χ1v) is 6.58. The number of carbonyl (C=O) groups is 1. The van der Waals surface area contributed by atoms with Crippen LogP contribution in [0.3, 0.4) is 0 Å². The number of hydrogen-bond donors (Lipinski definition) is 2. The van der Waals surface area contributed by atoms with E-state index >= 15 is 0 Å². The Hall–Kier alpha value is -0.810. The third-order valence-corrected chi connectivity index (χ3v) is 3.30. The molecule has 0 spiro atoms. The summed E-state index contributed by atoms with van der Waals surface area (Å²) in [6.07, 6.45) is 0. The summed E-state index contributed by atoms with van der Waals surface area (Å²) in [6, 6.07) is 4.86. The Labute approximate surface area is 123 Å². The van der Waals surface area contributed by atoms with Crippen molar-refractivity contribution >= 4 is 29.1 Å². The van der Waals surface area contributed by atoms with E-state index in [1.54, 1.807) is 25.1 Å². The predicted octanol–water partition coefficient (Wildman–Crippen LogP) is 2.04. The van der Waals surface area contributed by atoms with Gasteiger partial charge in [-0.2, -0.15) is 0 Å². The van der Waals surface area contributed by atoms with Gasteiger partial charge in [-0.25, -0.2) is 0 Å². The topological polar surface area (TPSA) is 52.6 Å². The first-order valence-electron chi connectivity index (χ1n) is 5.82. The van der Waals surface area contributed by atoms with Gasteiger partial charge in [0.25, 0.3) is 5.91 Å². The van der Waals surface area contributed by atoms with Crippen LogP contribution in [0.5, 0.6) is 0 Å². The van der Waals surface area contributed by atoms with Gasteiger partial charge in [0.05, 0.1) is 21.2 Å². The summed E-state index contributed by atoms with van der Waals surface area (Å²) in [5.74, 6) is -0.355. The largest absolute Gasteiger partial charge is 0.387 e. The normalized spacial score (nSPS) is 14.3. The van der Waals surface area contributed by atoms with Gasteiger partial charge < -0.3 is 15.3 Å². The Balaban J connectivity index is 2.68. The van der Waals surface area contributed by atoms with Gasteiger partial charge in [0.1, 0.15) is 0 Å². The summed E-state index contributed by atoms with van der Waals surface area (Å²) >= 11 is 11.8. The summed E-state index contributed by atoms with van der Waals surface area (Å²) in [5, 5.41) is 13.3. The van der Waals surface area contributed by atoms with E-state index in [9.17, 15) is 9.90 Å². The molecular formula is C13H18Cl2N2O2. The van der Waals surface area contributed by atoms with Crippen LogP contribution in [0.2, 0.25) is 10.0 Å². The van der Waals surface area contributed by atoms with E-state index in [4.69, 9.17) is 23.2 Å². The third kappa shape index (κ3) is 4.99. The lowest BCUT2D eigenvalue weighted by Crippen LogP contribution is -2.47. The molecule has 0 heterocycles. The van der Waals surface area contributed by atoms with Crippen LogP contribution < -0.4 is 5.32 Å². The second-order valence-electron chi connectivity index (χ2n) is 5.02. The summed E-state index contributed by atoms with van der Waals surface area (Å²) in [4.78, 5) is 13.8. The van der Waals surface area contributed by atoms with E-state index in [2.05, 4.69) is 5.32 Å². The molecular weight excluding hydrogens is 287 g/mol. The number of carbonyl (C=O) groups excluding carboxylic acids is 1. The average molecular weight is 305 g/mol. The minimum absolute atomic E-state index is 0.132. The SMILES string of the molecule is CN(C)CC(C)(O)CNC(=O)c1cccc(Cl)c1Cl. The molecule has 1 rings (SSSR count). The van der Waals surface area contributed by atoms with Crippen LogP contribution in [-0.4, -0.2) is 48.7 Å². The fourth-order valence-electron chi connectivity index (χ4n) is 1.78. The summed E-state index contributed by atoms with van der Waals surface area (Å²) < 4.78 is 0. The third-order valence-electron chi connectivity index (χ3n) is 2.48. The maximum absolute atomic E-state index is 12.0. The fourth-order valence-corrected chi connectivity index (χ4v) is 2.17. The van der Waals surface area contributed by atoms with Crippen molar-refractivity contribution in [3.63, 3.8) is 0 Å². The highest BCUT2D eigenvalue weighted by atomic mass is 35.5. The van der Waals surface area contributed by atoms with Crippen LogP contribution in [0, 0.1) is 0 Å². The van der Waals surface area contributed by atoms with Gasteiger partial charge in [-0.15, -0.1) is 0 Å². The van der Waals surface area contributed by atoms with Crippen LogP contribution >= 0.6 is 23.2 Å². The molecule has 1 amide bonds. The molecule has 1 aromatic rings. The zero-order valence-electron chi connectivity index (χ0n) is 11.2. The zero-order chi connectivity index (χ0) is 14.6. The Morgan fingerprint density at radius 1 is 1.42 bits per heavy atom. The molecule has 2 N–H and O–H groups in total. The van der Waals surface area contributed by atoms with Gasteiger partial charge in [-0.1, -0.05) is 29.3 Å². The Bertz CT molecular complexity index is 462. The average Bonchev–Trinajstić information content (AvgIpc) is 2.28. The van der Waals surface area contributed by atoms with Crippen LogP contribution in [0.1, 0.15) is 17.3 Å². The molecule has 0 aliphatic heterocycles. The van der Waals surface area contributed by atoms with Crippen molar-refractivity contribution in [1.82, 2.24) is 10.2 Å². The monoisotopic (exact) mass is 304 g/mol. The smallest absolute Gasteiger partial charge is 0.252 e. The number of nitrogens with zero attached hydrogens (tertiary/aromatic N) is 1. The van der Waals surface area contributed by atoms with Gasteiger partial charge >= 0.3 is 0 Å². The number of benzene rings is 1. The maximum Gasteiger partial charge on any atom is 0.252 e. The molecule has 0 aliphatic carbocycles. The molecule has 6 heteroatoms. The molecule has 0 fully saturated rings. The summed E-state index contributed by atoms with van der Waals surface area (Å²) in [7, 11) is 3.70. The minimum atomic E-state index is -1.01. The van der Waals surface area contributed by atoms with Crippen molar-refractivity contribution in [3.8, 4) is 0 Å². The van der Waals surface area contributed by atoms with Gasteiger partial charge in [0.2, 0.25) is 0 Å². The minimum Gasteiger partial charge on any atom is -0.387 e. The first-order chi connectivity index (χ1) is 8.73. The van der Waals surface area contributed by atoms with Crippen LogP contribution in [0.4, 0.5) is 0 Å². The van der Waals surface area contributed by atoms with E-state index in [0.717, 1.165) is 0 Å². The lowest BCUT2D eigenvalue weighted by Gasteiger charge is -2.27. The van der Waals surface area contributed by atoms with E-state index in [0.29, 0.717) is 17.1 Å². The summed E-state index contributed by atoms with van der Waals surface area (Å²) in [6.45, 7) is 2.23. The van der Waals surface area contributed by atoms with Gasteiger partial charge in [-0.05, 0) is 33.2 Å². The van der Waals surface area contributed by atoms with Crippen molar-refractivity contribution in [3.05, 3.63) is 33.8 Å². The highest BCUT2D eigenvalue weighted by Crippen LogP contribution is 2.25. The molecule has 0 aliphatic rings. The number of halogens is 2. The summed E-state index contributed by atoms with van der Waals surface area (Å²) in [5.41, 5.74) is -0.709. The molecule has 0 bridgehead atoms. The molecule has 1 unspecified atom stereocenters. The quantitative estimate of drug-likeness (QED) is 0.875. The van der Waals surface area contributed by atoms with E-state index in [-0.39, 0.29) is 17.5 Å². The lowest BCUT2D eigenvalue weighted by molar-refractivity contribution is 0.0326. The Morgan fingerprint density at radius 2 is 2.05 bits per heavy atom. The molecule has 1 atom stereocenters. The number of likely N-dealkylation sites (N-methyl/N-ethyl adjacent to an activating group) is 1. The standard InChI is InChI=1S/C13H18Cl2N2O2/c1-13(19,8-17(2)3)7-16-12(18)9-5-4-6-10(14)11(9)15/h4-6,19H,7-8H2,1-3H3,(H,16,18). The van der Waals surface area contributed by atoms with Gasteiger partial charge in [0, 0.05) is 13.1 Å². The lowest BCUT2D eigenvalue weighted by atomic mass is 10.1. The molecule has 4 nitrogen and oxygen atoms in total. The predicted molar refractivity (Wildman–Crippen MR) is 78.0 cm³/mol.